The van der Waals surface area contributed by atoms with Crippen molar-refractivity contribution in [1.82, 2.24) is 14.5 Å². The maximum absolute atomic E-state index is 12.7. The normalized spacial score (nSPS) is 29.5. The largest absolute Gasteiger partial charge is 0.388 e. The van der Waals surface area contributed by atoms with Gasteiger partial charge in [0.05, 0.1) is 11.7 Å². The number of hydrogen-bond acceptors (Lipinski definition) is 8. The monoisotopic (exact) mass is 473 g/mol. The van der Waals surface area contributed by atoms with Gasteiger partial charge in [0.2, 0.25) is 0 Å². The minimum atomic E-state index is -4.45. The van der Waals surface area contributed by atoms with Gasteiger partial charge >= 0.3 is 13.3 Å². The van der Waals surface area contributed by atoms with Crippen molar-refractivity contribution >= 4 is 18.6 Å². The molecule has 11 nitrogen and oxygen atoms in total. The van der Waals surface area contributed by atoms with Crippen molar-refractivity contribution in [2.75, 3.05) is 0 Å². The lowest BCUT2D eigenvalue weighted by atomic mass is 9.93. The highest BCUT2D eigenvalue weighted by Gasteiger charge is 2.50. The van der Waals surface area contributed by atoms with Gasteiger partial charge in [0.1, 0.15) is 17.9 Å². The Morgan fingerprint density at radius 2 is 1.94 bits per heavy atom. The maximum atomic E-state index is 12.7. The van der Waals surface area contributed by atoms with Crippen LogP contribution >= 0.6 is 7.60 Å². The highest BCUT2D eigenvalue weighted by atomic mass is 31.2. The summed E-state index contributed by atoms with van der Waals surface area (Å²) in [6, 6.07) is 0. The first-order chi connectivity index (χ1) is 14.7. The number of nitrogens with zero attached hydrogens (tertiary/aromatic N) is 2. The van der Waals surface area contributed by atoms with E-state index in [2.05, 4.69) is 9.97 Å². The molecule has 32 heavy (non-hydrogen) atoms. The van der Waals surface area contributed by atoms with Crippen molar-refractivity contribution in [1.29, 1.82) is 0 Å². The molecular formula is C20H32N3O8P. The Hall–Kier alpha value is -1.59. The zero-order chi connectivity index (χ0) is 24.1. The van der Waals surface area contributed by atoms with Crippen molar-refractivity contribution in [3.05, 3.63) is 28.4 Å². The first kappa shape index (κ1) is 25.0. The number of rotatable bonds is 8. The standard InChI is InChI=1S/C20H32N3O8P/c1-6-19(4,31-32(28,29)20(5,27)7-2)8-13-14(24)15(25)17(30-13)23-10-12-11(3)9-21-16(12)22-18(23)26/h9-10,13-15,17,24-25,27H,6-8H2,1-5H3,(H,28,29)(H,21,22,26)/t13-,14?,15+,17-,19?,20?/m1/s1. The number of fused-ring (bicyclic) bond motifs is 1. The predicted octanol–water partition coefficient (Wildman–Crippen LogP) is 1.53. The quantitative estimate of drug-likeness (QED) is 0.357. The summed E-state index contributed by atoms with van der Waals surface area (Å²) in [6.07, 6.45) is -1.59. The van der Waals surface area contributed by atoms with Gasteiger partial charge in [-0.25, -0.2) is 4.79 Å². The Balaban J connectivity index is 1.86. The second-order valence-corrected chi connectivity index (χ2v) is 11.1. The van der Waals surface area contributed by atoms with E-state index in [1.165, 1.54) is 13.1 Å². The number of aromatic nitrogens is 3. The second-order valence-electron chi connectivity index (χ2n) is 8.90. The number of hydrogen-bond donors (Lipinski definition) is 5. The van der Waals surface area contributed by atoms with Crippen LogP contribution in [0.1, 0.15) is 58.7 Å². The molecule has 2 aromatic rings. The molecule has 3 rings (SSSR count). The molecule has 0 amide bonds. The van der Waals surface area contributed by atoms with Gasteiger partial charge in [-0.05, 0) is 39.2 Å². The summed E-state index contributed by atoms with van der Waals surface area (Å²) in [5, 5.41) is 30.2. The first-order valence-corrected chi connectivity index (χ1v) is 12.2. The molecule has 4 unspecified atom stereocenters. The average molecular weight is 473 g/mol. The third-order valence-corrected chi connectivity index (χ3v) is 8.64. The Labute approximate surface area is 185 Å². The summed E-state index contributed by atoms with van der Waals surface area (Å²) in [7, 11) is -4.45. The zero-order valence-electron chi connectivity index (χ0n) is 18.8. The molecule has 0 saturated carbocycles. The summed E-state index contributed by atoms with van der Waals surface area (Å²) in [5.74, 6) is 0. The maximum Gasteiger partial charge on any atom is 0.359 e. The van der Waals surface area contributed by atoms with Gasteiger partial charge < -0.3 is 34.5 Å². The van der Waals surface area contributed by atoms with Gasteiger partial charge in [-0.15, -0.1) is 0 Å². The molecule has 12 heteroatoms. The topological polar surface area (TPSA) is 167 Å². The van der Waals surface area contributed by atoms with Crippen LogP contribution in [0, 0.1) is 6.92 Å². The van der Waals surface area contributed by atoms with Gasteiger partial charge in [0.15, 0.2) is 11.6 Å². The lowest BCUT2D eigenvalue weighted by molar-refractivity contribution is -0.0712. The Morgan fingerprint density at radius 3 is 2.53 bits per heavy atom. The van der Waals surface area contributed by atoms with Gasteiger partial charge in [-0.1, -0.05) is 13.8 Å². The molecule has 0 bridgehead atoms. The number of ether oxygens (including phenoxy) is 1. The van der Waals surface area contributed by atoms with Crippen molar-refractivity contribution in [3.8, 4) is 0 Å². The number of aryl methyl sites for hydroxylation is 1. The van der Waals surface area contributed by atoms with E-state index in [-0.39, 0.29) is 19.3 Å². The third kappa shape index (κ3) is 4.43. The van der Waals surface area contributed by atoms with Crippen LogP contribution in [0.5, 0.6) is 0 Å². The predicted molar refractivity (Wildman–Crippen MR) is 116 cm³/mol. The molecule has 1 aliphatic heterocycles. The Bertz CT molecular complexity index is 1080. The van der Waals surface area contributed by atoms with Crippen molar-refractivity contribution in [3.63, 3.8) is 0 Å². The minimum Gasteiger partial charge on any atom is -0.388 e. The molecular weight excluding hydrogens is 441 g/mol. The third-order valence-electron chi connectivity index (χ3n) is 6.42. The molecule has 0 radical (unpaired) electrons. The first-order valence-electron chi connectivity index (χ1n) is 10.6. The second kappa shape index (κ2) is 8.64. The number of nitrogens with one attached hydrogen (secondary N) is 1. The number of H-pyrrole nitrogens is 1. The molecule has 0 spiro atoms. The summed E-state index contributed by atoms with van der Waals surface area (Å²) in [5.41, 5.74) is -0.667. The fourth-order valence-corrected chi connectivity index (χ4v) is 5.10. The van der Waals surface area contributed by atoms with Crippen molar-refractivity contribution in [2.24, 2.45) is 0 Å². The van der Waals surface area contributed by atoms with Gasteiger partial charge in [-0.2, -0.15) is 4.98 Å². The van der Waals surface area contributed by atoms with Crippen molar-refractivity contribution in [2.45, 2.75) is 89.4 Å². The van der Waals surface area contributed by atoms with Crippen LogP contribution < -0.4 is 5.69 Å². The van der Waals surface area contributed by atoms with Crippen LogP contribution in [0.2, 0.25) is 0 Å². The van der Waals surface area contributed by atoms with E-state index in [1.54, 1.807) is 27.0 Å². The fourth-order valence-electron chi connectivity index (χ4n) is 3.70. The summed E-state index contributed by atoms with van der Waals surface area (Å²) in [4.78, 5) is 29.7. The lowest BCUT2D eigenvalue weighted by Crippen LogP contribution is -2.40. The van der Waals surface area contributed by atoms with Gasteiger partial charge in [-0.3, -0.25) is 9.13 Å². The van der Waals surface area contributed by atoms with Crippen LogP contribution in [0.25, 0.3) is 11.0 Å². The van der Waals surface area contributed by atoms with Crippen LogP contribution in [-0.4, -0.2) is 64.0 Å². The minimum absolute atomic E-state index is 0.000873. The molecule has 5 N–H and O–H groups in total. The summed E-state index contributed by atoms with van der Waals surface area (Å²) < 4.78 is 25.2. The number of aromatic amines is 1. The molecule has 0 aliphatic carbocycles. The fraction of sp³-hybridized carbons (Fsp3) is 0.700. The van der Waals surface area contributed by atoms with Crippen LogP contribution in [0.15, 0.2) is 17.2 Å². The highest BCUT2D eigenvalue weighted by Crippen LogP contribution is 2.59. The zero-order valence-corrected chi connectivity index (χ0v) is 19.7. The molecule has 1 fully saturated rings. The van der Waals surface area contributed by atoms with E-state index in [0.29, 0.717) is 11.0 Å². The smallest absolute Gasteiger partial charge is 0.359 e. The lowest BCUT2D eigenvalue weighted by Gasteiger charge is -2.37. The molecule has 7 atom stereocenters. The van der Waals surface area contributed by atoms with E-state index >= 15 is 0 Å². The highest BCUT2D eigenvalue weighted by molar-refractivity contribution is 7.54. The molecule has 180 valence electrons. The SMILES string of the molecule is CCC(C)(C[C@H]1O[C@@H](n2cc3c(C)c[nH]c3nc2=O)[C@@H](O)C1O)OP(=O)(O)C(C)(O)CC. The van der Waals surface area contributed by atoms with E-state index < -0.39 is 48.8 Å². The van der Waals surface area contributed by atoms with Gasteiger partial charge in [0, 0.05) is 24.2 Å². The van der Waals surface area contributed by atoms with Crippen LogP contribution in [0.3, 0.4) is 0 Å². The molecule has 3 heterocycles. The van der Waals surface area contributed by atoms with E-state index in [9.17, 15) is 29.6 Å². The van der Waals surface area contributed by atoms with E-state index in [0.717, 1.165) is 10.1 Å². The van der Waals surface area contributed by atoms with Gasteiger partial charge in [0.25, 0.3) is 0 Å². The molecule has 0 aromatic carbocycles. The average Bonchev–Trinajstić information content (AvgIpc) is 3.20. The Morgan fingerprint density at radius 1 is 1.28 bits per heavy atom. The van der Waals surface area contributed by atoms with Crippen LogP contribution in [0.4, 0.5) is 0 Å². The Kier molecular flexibility index (Phi) is 6.76. The summed E-state index contributed by atoms with van der Waals surface area (Å²) in [6.45, 7) is 7.92. The molecule has 1 aliphatic rings. The molecule has 2 aromatic heterocycles. The van der Waals surface area contributed by atoms with Crippen LogP contribution in [-0.2, 0) is 13.8 Å². The number of aliphatic hydroxyl groups excluding tert-OH is 2. The van der Waals surface area contributed by atoms with E-state index in [4.69, 9.17) is 9.26 Å². The number of aliphatic hydroxyl groups is 3. The van der Waals surface area contributed by atoms with E-state index in [1.807, 2.05) is 6.92 Å². The van der Waals surface area contributed by atoms with Crippen molar-refractivity contribution < 1.29 is 34.0 Å². The summed E-state index contributed by atoms with van der Waals surface area (Å²) >= 11 is 0. The molecule has 1 saturated heterocycles.